The molecular weight excluding hydrogens is 266 g/mol. The van der Waals surface area contributed by atoms with Gasteiger partial charge in [-0.3, -0.25) is 9.69 Å². The maximum Gasteiger partial charge on any atom is 0.237 e. The number of amides is 1. The van der Waals surface area contributed by atoms with Gasteiger partial charge < -0.3 is 15.1 Å². The SMILES string of the molecule is O=C(NCC(c1ccco1)N1CCCC1)C1CCCCN1. The van der Waals surface area contributed by atoms with Crippen LogP contribution in [0.3, 0.4) is 0 Å². The highest BCUT2D eigenvalue weighted by Gasteiger charge is 2.27. The first-order valence-corrected chi connectivity index (χ1v) is 8.13. The molecule has 0 aliphatic carbocycles. The molecule has 116 valence electrons. The molecule has 3 heterocycles. The van der Waals surface area contributed by atoms with E-state index >= 15 is 0 Å². The van der Waals surface area contributed by atoms with E-state index < -0.39 is 0 Å². The Hall–Kier alpha value is -1.33. The first-order valence-electron chi connectivity index (χ1n) is 8.13. The summed E-state index contributed by atoms with van der Waals surface area (Å²) in [4.78, 5) is 14.7. The summed E-state index contributed by atoms with van der Waals surface area (Å²) < 4.78 is 5.58. The van der Waals surface area contributed by atoms with Crippen molar-refractivity contribution in [3.63, 3.8) is 0 Å². The van der Waals surface area contributed by atoms with Crippen molar-refractivity contribution >= 4 is 5.91 Å². The van der Waals surface area contributed by atoms with Crippen LogP contribution >= 0.6 is 0 Å². The summed E-state index contributed by atoms with van der Waals surface area (Å²) in [5.41, 5.74) is 0. The molecule has 0 saturated carbocycles. The highest BCUT2D eigenvalue weighted by Crippen LogP contribution is 2.24. The fourth-order valence-corrected chi connectivity index (χ4v) is 3.34. The number of carbonyl (C=O) groups excluding carboxylic acids is 1. The molecule has 0 spiro atoms. The van der Waals surface area contributed by atoms with Gasteiger partial charge in [-0.05, 0) is 57.5 Å². The van der Waals surface area contributed by atoms with Crippen molar-refractivity contribution in [2.45, 2.75) is 44.2 Å². The van der Waals surface area contributed by atoms with E-state index in [4.69, 9.17) is 4.42 Å². The molecule has 2 saturated heterocycles. The van der Waals surface area contributed by atoms with E-state index in [1.165, 1.54) is 19.3 Å². The van der Waals surface area contributed by atoms with Crippen molar-refractivity contribution in [2.24, 2.45) is 0 Å². The number of hydrogen-bond acceptors (Lipinski definition) is 4. The van der Waals surface area contributed by atoms with Crippen LogP contribution in [0.2, 0.25) is 0 Å². The van der Waals surface area contributed by atoms with Gasteiger partial charge >= 0.3 is 0 Å². The summed E-state index contributed by atoms with van der Waals surface area (Å²) in [6.07, 6.45) is 7.43. The Kier molecular flexibility index (Phi) is 4.93. The summed E-state index contributed by atoms with van der Waals surface area (Å²) in [7, 11) is 0. The molecule has 5 heteroatoms. The maximum atomic E-state index is 12.3. The Bertz CT molecular complexity index is 434. The summed E-state index contributed by atoms with van der Waals surface area (Å²) in [6, 6.07) is 4.07. The predicted octanol–water partition coefficient (Wildman–Crippen LogP) is 1.67. The smallest absolute Gasteiger partial charge is 0.237 e. The lowest BCUT2D eigenvalue weighted by molar-refractivity contribution is -0.123. The number of hydrogen-bond donors (Lipinski definition) is 2. The lowest BCUT2D eigenvalue weighted by Gasteiger charge is -2.28. The molecule has 2 aliphatic rings. The second kappa shape index (κ2) is 7.09. The lowest BCUT2D eigenvalue weighted by atomic mass is 10.0. The number of rotatable bonds is 5. The molecule has 2 aliphatic heterocycles. The van der Waals surface area contributed by atoms with Gasteiger partial charge in [-0.15, -0.1) is 0 Å². The average Bonchev–Trinajstić information content (AvgIpc) is 3.22. The lowest BCUT2D eigenvalue weighted by Crippen LogP contribution is -2.48. The summed E-state index contributed by atoms with van der Waals surface area (Å²) in [5.74, 6) is 1.08. The van der Waals surface area contributed by atoms with Gasteiger partial charge in [-0.2, -0.15) is 0 Å². The highest BCUT2D eigenvalue weighted by molar-refractivity contribution is 5.81. The van der Waals surface area contributed by atoms with Crippen molar-refractivity contribution < 1.29 is 9.21 Å². The van der Waals surface area contributed by atoms with Crippen LogP contribution in [0, 0.1) is 0 Å². The molecule has 5 nitrogen and oxygen atoms in total. The Balaban J connectivity index is 1.58. The molecule has 2 atom stereocenters. The molecule has 2 N–H and O–H groups in total. The third-order valence-electron chi connectivity index (χ3n) is 4.55. The minimum atomic E-state index is -0.0189. The topological polar surface area (TPSA) is 57.5 Å². The largest absolute Gasteiger partial charge is 0.468 e. The van der Waals surface area contributed by atoms with Gasteiger partial charge in [0.15, 0.2) is 0 Å². The molecule has 1 aromatic rings. The van der Waals surface area contributed by atoms with E-state index in [0.717, 1.165) is 38.2 Å². The second-order valence-corrected chi connectivity index (χ2v) is 6.02. The van der Waals surface area contributed by atoms with E-state index in [1.807, 2.05) is 12.1 Å². The number of nitrogens with zero attached hydrogens (tertiary/aromatic N) is 1. The van der Waals surface area contributed by atoms with Crippen LogP contribution in [0.5, 0.6) is 0 Å². The fraction of sp³-hybridized carbons (Fsp3) is 0.688. The Labute approximate surface area is 126 Å². The van der Waals surface area contributed by atoms with Gasteiger partial charge in [0.05, 0.1) is 18.3 Å². The number of likely N-dealkylation sites (tertiary alicyclic amines) is 1. The highest BCUT2D eigenvalue weighted by atomic mass is 16.3. The molecule has 1 amide bonds. The van der Waals surface area contributed by atoms with Crippen LogP contribution in [0.15, 0.2) is 22.8 Å². The molecule has 2 unspecified atom stereocenters. The minimum Gasteiger partial charge on any atom is -0.468 e. The number of piperidine rings is 1. The second-order valence-electron chi connectivity index (χ2n) is 6.02. The van der Waals surface area contributed by atoms with Crippen molar-refractivity contribution in [2.75, 3.05) is 26.2 Å². The first kappa shape index (κ1) is 14.6. The van der Waals surface area contributed by atoms with Gasteiger partial charge in [0.2, 0.25) is 5.91 Å². The zero-order valence-electron chi connectivity index (χ0n) is 12.5. The molecule has 0 bridgehead atoms. The van der Waals surface area contributed by atoms with E-state index in [1.54, 1.807) is 6.26 Å². The normalized spacial score (nSPS) is 24.9. The zero-order valence-corrected chi connectivity index (χ0v) is 12.5. The van der Waals surface area contributed by atoms with E-state index in [-0.39, 0.29) is 18.0 Å². The van der Waals surface area contributed by atoms with E-state index in [0.29, 0.717) is 6.54 Å². The van der Waals surface area contributed by atoms with Crippen LogP contribution in [0.25, 0.3) is 0 Å². The quantitative estimate of drug-likeness (QED) is 0.866. The predicted molar refractivity (Wildman–Crippen MR) is 80.9 cm³/mol. The number of nitrogens with one attached hydrogen (secondary N) is 2. The van der Waals surface area contributed by atoms with Crippen LogP contribution in [-0.2, 0) is 4.79 Å². The maximum absolute atomic E-state index is 12.3. The van der Waals surface area contributed by atoms with Gasteiger partial charge in [0.1, 0.15) is 5.76 Å². The Morgan fingerprint density at radius 3 is 2.90 bits per heavy atom. The number of carbonyl (C=O) groups is 1. The van der Waals surface area contributed by atoms with Crippen LogP contribution in [0.4, 0.5) is 0 Å². The van der Waals surface area contributed by atoms with Gasteiger partial charge in [0.25, 0.3) is 0 Å². The molecule has 21 heavy (non-hydrogen) atoms. The fourth-order valence-electron chi connectivity index (χ4n) is 3.34. The average molecular weight is 291 g/mol. The Morgan fingerprint density at radius 2 is 2.24 bits per heavy atom. The monoisotopic (exact) mass is 291 g/mol. The molecule has 0 radical (unpaired) electrons. The molecule has 1 aromatic heterocycles. The van der Waals surface area contributed by atoms with Crippen molar-refractivity contribution in [1.82, 2.24) is 15.5 Å². The molecule has 0 aromatic carbocycles. The van der Waals surface area contributed by atoms with Crippen molar-refractivity contribution in [3.05, 3.63) is 24.2 Å². The van der Waals surface area contributed by atoms with Crippen LogP contribution < -0.4 is 10.6 Å². The third kappa shape index (κ3) is 3.66. The summed E-state index contributed by atoms with van der Waals surface area (Å²) in [6.45, 7) is 3.75. The summed E-state index contributed by atoms with van der Waals surface area (Å²) in [5, 5.41) is 6.41. The van der Waals surface area contributed by atoms with Crippen LogP contribution in [-0.4, -0.2) is 43.0 Å². The van der Waals surface area contributed by atoms with E-state index in [2.05, 4.69) is 15.5 Å². The van der Waals surface area contributed by atoms with Crippen molar-refractivity contribution in [3.8, 4) is 0 Å². The van der Waals surface area contributed by atoms with Crippen molar-refractivity contribution in [1.29, 1.82) is 0 Å². The number of furan rings is 1. The zero-order chi connectivity index (χ0) is 14.5. The summed E-state index contributed by atoms with van der Waals surface area (Å²) >= 11 is 0. The van der Waals surface area contributed by atoms with Gasteiger partial charge in [-0.25, -0.2) is 0 Å². The molecule has 2 fully saturated rings. The van der Waals surface area contributed by atoms with Gasteiger partial charge in [0, 0.05) is 6.54 Å². The first-order chi connectivity index (χ1) is 10.3. The van der Waals surface area contributed by atoms with Gasteiger partial charge in [-0.1, -0.05) is 6.42 Å². The van der Waals surface area contributed by atoms with E-state index in [9.17, 15) is 4.79 Å². The third-order valence-corrected chi connectivity index (χ3v) is 4.55. The molecule has 3 rings (SSSR count). The minimum absolute atomic E-state index is 0.0189. The molecular formula is C16H25N3O2. The Morgan fingerprint density at radius 1 is 1.38 bits per heavy atom. The standard InChI is InChI=1S/C16H25N3O2/c20-16(13-6-1-2-8-17-13)18-12-14(15-7-5-11-21-15)19-9-3-4-10-19/h5,7,11,13-14,17H,1-4,6,8-10,12H2,(H,18,20). The van der Waals surface area contributed by atoms with Crippen LogP contribution in [0.1, 0.15) is 43.9 Å².